The minimum Gasteiger partial charge on any atom is -0.465 e. The number of carbonyl (C=O) groups excluding carboxylic acids is 3. The molecule has 0 aromatic rings. The standard InChI is InChI=1S/C27H34F2O11S/c28-27(29,41(34,35)36)22(32)40-25-9-14-2-17(10-25)26(18(3-14)11-25)38-19(21(31)39-26)4-20(30)37-13-23-5-15-1-16(6-23)8-24(33,7-15)12-23/h14-19,33H,1-13H2,(H,34,35,36). The second kappa shape index (κ2) is 8.60. The smallest absolute Gasteiger partial charge is 0.465 e. The molecule has 11 nitrogen and oxygen atoms in total. The quantitative estimate of drug-likeness (QED) is 0.249. The van der Waals surface area contributed by atoms with Gasteiger partial charge in [0, 0.05) is 17.3 Å². The van der Waals surface area contributed by atoms with Crippen LogP contribution in [0.4, 0.5) is 8.78 Å². The SMILES string of the molecule is O=C(CC1OC2(OC1=O)C1CC3CC2CC(OC(=O)C(F)(F)S(=O)(=O)O)(C3)C1)OCC12CC3CC(CC(O)(C3)C1)C2. The summed E-state index contributed by atoms with van der Waals surface area (Å²) in [6.45, 7) is 0.184. The third-order valence-corrected chi connectivity index (χ3v) is 11.8. The van der Waals surface area contributed by atoms with Crippen LogP contribution in [0.1, 0.15) is 77.0 Å². The summed E-state index contributed by atoms with van der Waals surface area (Å²) >= 11 is 0. The van der Waals surface area contributed by atoms with Gasteiger partial charge in [0.1, 0.15) is 5.60 Å². The molecule has 14 heteroatoms. The summed E-state index contributed by atoms with van der Waals surface area (Å²) < 4.78 is 81.5. The van der Waals surface area contributed by atoms with E-state index < -0.39 is 68.2 Å². The highest BCUT2D eigenvalue weighted by Gasteiger charge is 2.71. The zero-order valence-corrected chi connectivity index (χ0v) is 23.2. The summed E-state index contributed by atoms with van der Waals surface area (Å²) in [4.78, 5) is 37.9. The monoisotopic (exact) mass is 604 g/mol. The molecule has 1 aliphatic heterocycles. The van der Waals surface area contributed by atoms with E-state index in [1.54, 1.807) is 0 Å². The van der Waals surface area contributed by atoms with E-state index in [-0.39, 0.29) is 43.6 Å². The van der Waals surface area contributed by atoms with E-state index in [0.29, 0.717) is 31.1 Å². The van der Waals surface area contributed by atoms with Gasteiger partial charge in [0.05, 0.1) is 18.6 Å². The van der Waals surface area contributed by atoms with E-state index in [1.807, 2.05) is 0 Å². The number of hydrogen-bond acceptors (Lipinski definition) is 10. The largest absolute Gasteiger partial charge is 0.465 e. The van der Waals surface area contributed by atoms with Crippen molar-refractivity contribution in [3.8, 4) is 0 Å². The molecule has 9 rings (SSSR count). The van der Waals surface area contributed by atoms with Crippen molar-refractivity contribution >= 4 is 28.0 Å². The molecular formula is C27H34F2O11S. The molecule has 1 heterocycles. The molecular weight excluding hydrogens is 570 g/mol. The Morgan fingerprint density at radius 3 is 2.20 bits per heavy atom. The number of esters is 3. The maximum absolute atomic E-state index is 14.0. The second-order valence-corrected chi connectivity index (χ2v) is 15.7. The normalized spacial score (nSPS) is 47.6. The van der Waals surface area contributed by atoms with E-state index in [0.717, 1.165) is 32.1 Å². The van der Waals surface area contributed by atoms with Crippen LogP contribution in [0.5, 0.6) is 0 Å². The number of carbonyl (C=O) groups is 3. The fraction of sp³-hybridized carbons (Fsp3) is 0.889. The number of aliphatic hydroxyl groups is 1. The summed E-state index contributed by atoms with van der Waals surface area (Å²) in [5.41, 5.74) is -2.33. The summed E-state index contributed by atoms with van der Waals surface area (Å²) in [5.74, 6) is -5.27. The molecule has 9 fully saturated rings. The molecule has 1 spiro atoms. The van der Waals surface area contributed by atoms with Gasteiger partial charge in [-0.1, -0.05) is 0 Å². The van der Waals surface area contributed by atoms with E-state index in [9.17, 15) is 36.7 Å². The van der Waals surface area contributed by atoms with Gasteiger partial charge in [-0.15, -0.1) is 0 Å². The fourth-order valence-electron chi connectivity index (χ4n) is 10.4. The van der Waals surface area contributed by atoms with Crippen molar-refractivity contribution in [2.24, 2.45) is 35.0 Å². The Morgan fingerprint density at radius 1 is 0.976 bits per heavy atom. The number of ether oxygens (including phenoxy) is 4. The molecule has 8 saturated carbocycles. The number of alkyl halides is 2. The Hall–Kier alpha value is -1.90. The van der Waals surface area contributed by atoms with Gasteiger partial charge in [-0.05, 0) is 88.4 Å². The summed E-state index contributed by atoms with van der Waals surface area (Å²) in [7, 11) is -6.01. The van der Waals surface area contributed by atoms with Gasteiger partial charge >= 0.3 is 33.3 Å². The van der Waals surface area contributed by atoms with E-state index >= 15 is 0 Å². The molecule has 9 aliphatic rings. The first kappa shape index (κ1) is 27.9. The summed E-state index contributed by atoms with van der Waals surface area (Å²) in [5, 5.41) is 5.85. The Labute approximate surface area is 235 Å². The minimum absolute atomic E-state index is 0.00546. The van der Waals surface area contributed by atoms with Crippen LogP contribution in [0.25, 0.3) is 0 Å². The average molecular weight is 605 g/mol. The van der Waals surface area contributed by atoms with Crippen LogP contribution >= 0.6 is 0 Å². The molecule has 0 amide bonds. The van der Waals surface area contributed by atoms with Crippen molar-refractivity contribution in [3.63, 3.8) is 0 Å². The summed E-state index contributed by atoms with van der Waals surface area (Å²) in [6.07, 6.45) is 4.88. The lowest BCUT2D eigenvalue weighted by atomic mass is 9.48. The van der Waals surface area contributed by atoms with Gasteiger partial charge in [0.25, 0.3) is 0 Å². The van der Waals surface area contributed by atoms with Crippen LogP contribution in [0, 0.1) is 35.0 Å². The van der Waals surface area contributed by atoms with Crippen LogP contribution in [0.2, 0.25) is 0 Å². The van der Waals surface area contributed by atoms with Crippen molar-refractivity contribution < 1.29 is 60.2 Å². The van der Waals surface area contributed by atoms with Crippen LogP contribution < -0.4 is 0 Å². The lowest BCUT2D eigenvalue weighted by Crippen LogP contribution is -2.65. The van der Waals surface area contributed by atoms with Gasteiger partial charge in [0.15, 0.2) is 6.10 Å². The Morgan fingerprint density at radius 2 is 1.61 bits per heavy atom. The molecule has 0 aromatic heterocycles. The predicted octanol–water partition coefficient (Wildman–Crippen LogP) is 2.49. The maximum atomic E-state index is 14.0. The zero-order valence-electron chi connectivity index (χ0n) is 22.4. The first-order chi connectivity index (χ1) is 19.0. The average Bonchev–Trinajstić information content (AvgIpc) is 3.15. The van der Waals surface area contributed by atoms with Crippen LogP contribution in [0.15, 0.2) is 0 Å². The van der Waals surface area contributed by atoms with E-state index in [1.165, 1.54) is 0 Å². The first-order valence-electron chi connectivity index (χ1n) is 14.4. The van der Waals surface area contributed by atoms with Crippen molar-refractivity contribution in [2.75, 3.05) is 6.61 Å². The van der Waals surface area contributed by atoms with Crippen molar-refractivity contribution in [2.45, 2.75) is 105 Å². The third kappa shape index (κ3) is 4.33. The molecule has 5 unspecified atom stereocenters. The number of rotatable bonds is 7. The van der Waals surface area contributed by atoms with Crippen molar-refractivity contribution in [1.82, 2.24) is 0 Å². The lowest BCUT2D eigenvalue weighted by molar-refractivity contribution is -0.317. The molecule has 1 saturated heterocycles. The molecule has 0 aromatic carbocycles. The highest BCUT2D eigenvalue weighted by Crippen LogP contribution is 2.65. The summed E-state index contributed by atoms with van der Waals surface area (Å²) in [6, 6.07) is 0. The van der Waals surface area contributed by atoms with Gasteiger partial charge in [-0.3, -0.25) is 9.35 Å². The molecule has 2 N–H and O–H groups in total. The third-order valence-electron chi connectivity index (χ3n) is 11.0. The zero-order chi connectivity index (χ0) is 29.2. The lowest BCUT2D eigenvalue weighted by Gasteiger charge is -2.61. The van der Waals surface area contributed by atoms with Crippen LogP contribution in [-0.4, -0.2) is 70.9 Å². The first-order valence-corrected chi connectivity index (χ1v) is 15.8. The second-order valence-electron chi connectivity index (χ2n) is 14.2. The fourth-order valence-corrected chi connectivity index (χ4v) is 10.6. The topological polar surface area (TPSA) is 163 Å². The Bertz CT molecular complexity index is 1270. The molecule has 8 aliphatic carbocycles. The molecule has 228 valence electrons. The van der Waals surface area contributed by atoms with Gasteiger partial charge < -0.3 is 24.1 Å². The highest BCUT2D eigenvalue weighted by molar-refractivity contribution is 7.87. The number of halogens is 2. The van der Waals surface area contributed by atoms with E-state index in [4.69, 9.17) is 23.5 Å². The predicted molar refractivity (Wildman–Crippen MR) is 130 cm³/mol. The Balaban J connectivity index is 1.000. The molecule has 41 heavy (non-hydrogen) atoms. The number of hydrogen-bond donors (Lipinski definition) is 2. The van der Waals surface area contributed by atoms with Crippen LogP contribution in [0.3, 0.4) is 0 Å². The van der Waals surface area contributed by atoms with Crippen LogP contribution in [-0.2, 0) is 43.4 Å². The maximum Gasteiger partial charge on any atom is 0.465 e. The van der Waals surface area contributed by atoms with Gasteiger partial charge in [-0.25, -0.2) is 9.59 Å². The van der Waals surface area contributed by atoms with Crippen molar-refractivity contribution in [1.29, 1.82) is 0 Å². The Kier molecular flexibility index (Phi) is 5.85. The molecule has 8 bridgehead atoms. The van der Waals surface area contributed by atoms with Gasteiger partial charge in [0.2, 0.25) is 5.79 Å². The highest BCUT2D eigenvalue weighted by atomic mass is 32.2. The minimum atomic E-state index is -6.01. The van der Waals surface area contributed by atoms with Crippen molar-refractivity contribution in [3.05, 3.63) is 0 Å². The molecule has 0 radical (unpaired) electrons. The van der Waals surface area contributed by atoms with E-state index in [2.05, 4.69) is 0 Å². The molecule has 5 atom stereocenters. The van der Waals surface area contributed by atoms with Gasteiger partial charge in [-0.2, -0.15) is 17.2 Å².